The molecule has 1 amide bonds. The summed E-state index contributed by atoms with van der Waals surface area (Å²) in [6.07, 6.45) is -0.379. The van der Waals surface area contributed by atoms with E-state index in [4.69, 9.17) is 4.74 Å². The zero-order valence-electron chi connectivity index (χ0n) is 16.5. The van der Waals surface area contributed by atoms with Gasteiger partial charge in [0.25, 0.3) is 11.5 Å². The molecule has 3 aromatic rings. The van der Waals surface area contributed by atoms with Crippen LogP contribution in [0.3, 0.4) is 0 Å². The van der Waals surface area contributed by atoms with Gasteiger partial charge in [-0.2, -0.15) is 4.68 Å². The van der Waals surface area contributed by atoms with Crippen LogP contribution in [-0.2, 0) is 4.79 Å². The molecular weight excluding hydrogens is 373 g/mol. The number of aryl methyl sites for hydroxylation is 2. The van der Waals surface area contributed by atoms with Crippen molar-refractivity contribution in [3.63, 3.8) is 0 Å². The lowest BCUT2D eigenvalue weighted by Gasteiger charge is -2.17. The second-order valence-corrected chi connectivity index (χ2v) is 6.78. The van der Waals surface area contributed by atoms with Crippen molar-refractivity contribution >= 4 is 11.6 Å². The Labute approximate surface area is 168 Å². The third-order valence-electron chi connectivity index (χ3n) is 4.26. The molecule has 0 aliphatic carbocycles. The van der Waals surface area contributed by atoms with E-state index in [0.717, 1.165) is 15.8 Å². The first kappa shape index (κ1) is 20.3. The number of ether oxygens (including phenoxy) is 1. The lowest BCUT2D eigenvalue weighted by molar-refractivity contribution is -0.123. The van der Waals surface area contributed by atoms with Gasteiger partial charge in [0.15, 0.2) is 6.10 Å². The molecule has 1 atom stereocenters. The van der Waals surface area contributed by atoms with Crippen LogP contribution in [0, 0.1) is 19.7 Å². The number of nitrogens with zero attached hydrogens (tertiary/aromatic N) is 2. The highest BCUT2D eigenvalue weighted by atomic mass is 19.1. The number of nitrogens with one attached hydrogen (secondary N) is 1. The van der Waals surface area contributed by atoms with Gasteiger partial charge >= 0.3 is 0 Å². The molecule has 2 aromatic carbocycles. The topological polar surface area (TPSA) is 73.2 Å². The first-order chi connectivity index (χ1) is 13.9. The van der Waals surface area contributed by atoms with E-state index in [-0.39, 0.29) is 11.8 Å². The Balaban J connectivity index is 1.79. The van der Waals surface area contributed by atoms with Crippen LogP contribution in [0.5, 0.6) is 5.88 Å². The van der Waals surface area contributed by atoms with Gasteiger partial charge in [-0.1, -0.05) is 13.0 Å². The highest BCUT2D eigenvalue weighted by Gasteiger charge is 2.20. The molecule has 0 saturated heterocycles. The van der Waals surface area contributed by atoms with E-state index >= 15 is 0 Å². The largest absolute Gasteiger partial charge is 0.463 e. The molecule has 7 heteroatoms. The lowest BCUT2D eigenvalue weighted by Crippen LogP contribution is -2.33. The molecule has 150 valence electrons. The molecule has 1 unspecified atom stereocenters. The summed E-state index contributed by atoms with van der Waals surface area (Å²) in [6.45, 7) is 5.74. The predicted molar refractivity (Wildman–Crippen MR) is 109 cm³/mol. The molecule has 1 N–H and O–H groups in total. The number of halogens is 1. The van der Waals surface area contributed by atoms with Crippen molar-refractivity contribution in [3.8, 4) is 11.6 Å². The maximum atomic E-state index is 13.1. The molecule has 0 fully saturated rings. The van der Waals surface area contributed by atoms with Crippen LogP contribution in [0.2, 0.25) is 0 Å². The van der Waals surface area contributed by atoms with E-state index in [1.807, 2.05) is 39.0 Å². The average Bonchev–Trinajstić information content (AvgIpc) is 2.67. The summed E-state index contributed by atoms with van der Waals surface area (Å²) in [5.74, 6) is -0.599. The first-order valence-electron chi connectivity index (χ1n) is 9.28. The van der Waals surface area contributed by atoms with Gasteiger partial charge in [0.2, 0.25) is 5.88 Å². The zero-order chi connectivity index (χ0) is 21.0. The van der Waals surface area contributed by atoms with Crippen molar-refractivity contribution in [3.05, 3.63) is 81.9 Å². The molecule has 29 heavy (non-hydrogen) atoms. The molecular formula is C22H22FN3O3. The van der Waals surface area contributed by atoms with Gasteiger partial charge in [-0.3, -0.25) is 9.59 Å². The molecule has 0 bridgehead atoms. The fourth-order valence-electron chi connectivity index (χ4n) is 2.96. The molecule has 6 nitrogen and oxygen atoms in total. The smallest absolute Gasteiger partial charge is 0.271 e. The van der Waals surface area contributed by atoms with Crippen LogP contribution in [-0.4, -0.2) is 21.8 Å². The Morgan fingerprint density at radius 2 is 1.76 bits per heavy atom. The Bertz CT molecular complexity index is 1060. The van der Waals surface area contributed by atoms with Crippen LogP contribution in [0.15, 0.2) is 59.4 Å². The van der Waals surface area contributed by atoms with Crippen LogP contribution in [0.1, 0.15) is 24.5 Å². The highest BCUT2D eigenvalue weighted by Crippen LogP contribution is 2.16. The molecule has 0 spiro atoms. The summed E-state index contributed by atoms with van der Waals surface area (Å²) in [5, 5.41) is 7.01. The van der Waals surface area contributed by atoms with Crippen molar-refractivity contribution in [2.45, 2.75) is 33.3 Å². The van der Waals surface area contributed by atoms with Crippen molar-refractivity contribution in [1.82, 2.24) is 9.78 Å². The molecule has 1 heterocycles. The number of anilines is 1. The standard InChI is InChI=1S/C22H22FN3O3/c1-4-19(22(28)24-17-12-14(2)11-15(3)13-17)29-20-9-10-21(27)26(25-20)18-7-5-16(23)6-8-18/h5-13,19H,4H2,1-3H3,(H,24,28). The average molecular weight is 395 g/mol. The molecule has 0 saturated carbocycles. The third-order valence-corrected chi connectivity index (χ3v) is 4.26. The van der Waals surface area contributed by atoms with E-state index in [1.54, 1.807) is 0 Å². The van der Waals surface area contributed by atoms with Crippen LogP contribution in [0.4, 0.5) is 10.1 Å². The molecule has 0 aliphatic heterocycles. The molecule has 3 rings (SSSR count). The van der Waals surface area contributed by atoms with Gasteiger partial charge in [-0.05, 0) is 67.8 Å². The fourth-order valence-corrected chi connectivity index (χ4v) is 2.96. The van der Waals surface area contributed by atoms with Crippen LogP contribution >= 0.6 is 0 Å². The van der Waals surface area contributed by atoms with Gasteiger partial charge in [0.05, 0.1) is 5.69 Å². The molecule has 0 radical (unpaired) electrons. The van der Waals surface area contributed by atoms with E-state index in [9.17, 15) is 14.0 Å². The lowest BCUT2D eigenvalue weighted by atomic mass is 10.1. The predicted octanol–water partition coefficient (Wildman–Crippen LogP) is 3.78. The Kier molecular flexibility index (Phi) is 6.07. The summed E-state index contributed by atoms with van der Waals surface area (Å²) in [4.78, 5) is 24.8. The maximum Gasteiger partial charge on any atom is 0.271 e. The van der Waals surface area contributed by atoms with Crippen LogP contribution in [0.25, 0.3) is 5.69 Å². The summed E-state index contributed by atoms with van der Waals surface area (Å²) in [6, 6.07) is 13.8. The number of aromatic nitrogens is 2. The fraction of sp³-hybridized carbons (Fsp3) is 0.227. The Morgan fingerprint density at radius 3 is 2.38 bits per heavy atom. The second-order valence-electron chi connectivity index (χ2n) is 6.78. The van der Waals surface area contributed by atoms with E-state index < -0.39 is 17.5 Å². The van der Waals surface area contributed by atoms with E-state index in [2.05, 4.69) is 10.4 Å². The van der Waals surface area contributed by atoms with Gasteiger partial charge in [0.1, 0.15) is 5.82 Å². The summed E-state index contributed by atoms with van der Waals surface area (Å²) >= 11 is 0. The second kappa shape index (κ2) is 8.68. The van der Waals surface area contributed by atoms with Crippen LogP contribution < -0.4 is 15.6 Å². The summed E-state index contributed by atoms with van der Waals surface area (Å²) in [7, 11) is 0. The summed E-state index contributed by atoms with van der Waals surface area (Å²) in [5.41, 5.74) is 2.79. The SMILES string of the molecule is CCC(Oc1ccc(=O)n(-c2ccc(F)cc2)n1)C(=O)Nc1cc(C)cc(C)c1. The number of carbonyl (C=O) groups excluding carboxylic acids is 1. The minimum atomic E-state index is -0.789. The normalized spacial score (nSPS) is 11.7. The first-order valence-corrected chi connectivity index (χ1v) is 9.28. The monoisotopic (exact) mass is 395 g/mol. The Morgan fingerprint density at radius 1 is 1.10 bits per heavy atom. The quantitative estimate of drug-likeness (QED) is 0.689. The number of hydrogen-bond acceptors (Lipinski definition) is 4. The summed E-state index contributed by atoms with van der Waals surface area (Å²) < 4.78 is 20.0. The van der Waals surface area contributed by atoms with Gasteiger partial charge in [-0.15, -0.1) is 5.10 Å². The van der Waals surface area contributed by atoms with Gasteiger partial charge in [0, 0.05) is 17.8 Å². The number of rotatable bonds is 6. The molecule has 0 aliphatic rings. The minimum Gasteiger partial charge on any atom is -0.463 e. The number of amides is 1. The third kappa shape index (κ3) is 5.07. The van der Waals surface area contributed by atoms with Crippen molar-refractivity contribution in [1.29, 1.82) is 0 Å². The zero-order valence-corrected chi connectivity index (χ0v) is 16.5. The maximum absolute atomic E-state index is 13.1. The van der Waals surface area contributed by atoms with Gasteiger partial charge in [-0.25, -0.2) is 4.39 Å². The highest BCUT2D eigenvalue weighted by molar-refractivity contribution is 5.94. The number of carbonyl (C=O) groups is 1. The molecule has 1 aromatic heterocycles. The van der Waals surface area contributed by atoms with Gasteiger partial charge < -0.3 is 10.1 Å². The van der Waals surface area contributed by atoms with E-state index in [0.29, 0.717) is 17.8 Å². The van der Waals surface area contributed by atoms with Crippen molar-refractivity contribution < 1.29 is 13.9 Å². The van der Waals surface area contributed by atoms with Crippen molar-refractivity contribution in [2.24, 2.45) is 0 Å². The van der Waals surface area contributed by atoms with Crippen molar-refractivity contribution in [2.75, 3.05) is 5.32 Å². The minimum absolute atomic E-state index is 0.122. The Hall–Kier alpha value is -3.48. The number of hydrogen-bond donors (Lipinski definition) is 1. The van der Waals surface area contributed by atoms with E-state index in [1.165, 1.54) is 36.4 Å². The number of benzene rings is 2.